The summed E-state index contributed by atoms with van der Waals surface area (Å²) in [5.41, 5.74) is 2.15. The predicted molar refractivity (Wildman–Crippen MR) is 113 cm³/mol. The number of carbonyl (C=O) groups excluding carboxylic acids is 3. The second-order valence-corrected chi connectivity index (χ2v) is 9.33. The number of fused-ring (bicyclic) bond motifs is 1. The number of carbonyl (C=O) groups is 3. The number of anilines is 1. The van der Waals surface area contributed by atoms with Crippen molar-refractivity contribution < 1.29 is 23.9 Å². The van der Waals surface area contributed by atoms with Gasteiger partial charge in [0.15, 0.2) is 6.61 Å². The van der Waals surface area contributed by atoms with Crippen LogP contribution in [0, 0.1) is 25.7 Å². The molecular weight excluding hydrogens is 396 g/mol. The van der Waals surface area contributed by atoms with E-state index < -0.39 is 29.5 Å². The van der Waals surface area contributed by atoms with E-state index in [1.54, 1.807) is 4.90 Å². The number of esters is 1. The fourth-order valence-corrected chi connectivity index (χ4v) is 5.66. The summed E-state index contributed by atoms with van der Waals surface area (Å²) in [6, 6.07) is 6.17. The standard InChI is InChI=1S/C24H28N2O5/c1-14-9-15(2)11-17(10-14)26-13-24-8-7-18(31-24)20(21(24)22(26)28)23(29)30-12-19(27)25-16-5-3-4-6-16/h7-11,16,18,20-21H,3-6,12-13H2,1-2H3,(H,25,27)/t18-,20+,21-,24-/m1/s1. The first-order chi connectivity index (χ1) is 14.9. The summed E-state index contributed by atoms with van der Waals surface area (Å²) in [6.07, 6.45) is 7.44. The summed E-state index contributed by atoms with van der Waals surface area (Å²) in [6.45, 7) is 4.04. The van der Waals surface area contributed by atoms with E-state index in [0.717, 1.165) is 42.5 Å². The molecule has 1 N–H and O–H groups in total. The second-order valence-electron chi connectivity index (χ2n) is 9.33. The number of amides is 2. The molecule has 4 atom stereocenters. The number of hydrogen-bond donors (Lipinski definition) is 1. The van der Waals surface area contributed by atoms with Gasteiger partial charge in [0.25, 0.3) is 5.91 Å². The minimum Gasteiger partial charge on any atom is -0.455 e. The van der Waals surface area contributed by atoms with Crippen LogP contribution < -0.4 is 10.2 Å². The van der Waals surface area contributed by atoms with Crippen LogP contribution in [0.25, 0.3) is 0 Å². The number of nitrogens with one attached hydrogen (secondary N) is 1. The Labute approximate surface area is 181 Å². The molecule has 0 radical (unpaired) electrons. The van der Waals surface area contributed by atoms with Gasteiger partial charge in [0, 0.05) is 11.7 Å². The van der Waals surface area contributed by atoms with E-state index in [2.05, 4.69) is 11.4 Å². The highest BCUT2D eigenvalue weighted by Crippen LogP contribution is 2.53. The van der Waals surface area contributed by atoms with Crippen LogP contribution in [0.1, 0.15) is 36.8 Å². The van der Waals surface area contributed by atoms with Crippen molar-refractivity contribution in [2.24, 2.45) is 11.8 Å². The maximum Gasteiger partial charge on any atom is 0.313 e. The second kappa shape index (κ2) is 7.48. The van der Waals surface area contributed by atoms with Crippen molar-refractivity contribution in [3.8, 4) is 0 Å². The van der Waals surface area contributed by atoms with Crippen LogP contribution in [0.5, 0.6) is 0 Å². The van der Waals surface area contributed by atoms with E-state index in [4.69, 9.17) is 9.47 Å². The van der Waals surface area contributed by atoms with Crippen molar-refractivity contribution in [2.75, 3.05) is 18.1 Å². The molecule has 3 heterocycles. The molecule has 3 aliphatic heterocycles. The molecule has 2 saturated heterocycles. The first-order valence-corrected chi connectivity index (χ1v) is 11.1. The number of ether oxygens (including phenoxy) is 2. The fourth-order valence-electron chi connectivity index (χ4n) is 5.66. The minimum atomic E-state index is -0.810. The SMILES string of the molecule is Cc1cc(C)cc(N2C[C@@]34C=C[C@@H](O3)[C@H](C(=O)OCC(=O)NC3CCCC3)[C@@H]4C2=O)c1. The van der Waals surface area contributed by atoms with Crippen molar-refractivity contribution in [3.63, 3.8) is 0 Å². The van der Waals surface area contributed by atoms with Gasteiger partial charge in [0.05, 0.1) is 18.6 Å². The maximum atomic E-state index is 13.4. The Bertz CT molecular complexity index is 946. The van der Waals surface area contributed by atoms with Crippen LogP contribution in [-0.2, 0) is 23.9 Å². The highest BCUT2D eigenvalue weighted by molar-refractivity contribution is 6.02. The van der Waals surface area contributed by atoms with Gasteiger partial charge >= 0.3 is 5.97 Å². The predicted octanol–water partition coefficient (Wildman–Crippen LogP) is 2.19. The van der Waals surface area contributed by atoms with Gasteiger partial charge in [-0.2, -0.15) is 0 Å². The lowest BCUT2D eigenvalue weighted by molar-refractivity contribution is -0.155. The quantitative estimate of drug-likeness (QED) is 0.579. The van der Waals surface area contributed by atoms with Crippen molar-refractivity contribution in [1.82, 2.24) is 5.32 Å². The van der Waals surface area contributed by atoms with Crippen LogP contribution in [-0.4, -0.2) is 48.7 Å². The summed E-state index contributed by atoms with van der Waals surface area (Å²) in [5.74, 6) is -2.32. The monoisotopic (exact) mass is 424 g/mol. The van der Waals surface area contributed by atoms with Gasteiger partial charge in [-0.15, -0.1) is 0 Å². The molecule has 3 fully saturated rings. The van der Waals surface area contributed by atoms with E-state index in [1.807, 2.05) is 38.1 Å². The Morgan fingerprint density at radius 1 is 1.19 bits per heavy atom. The normalized spacial score (nSPS) is 31.4. The molecule has 0 unspecified atom stereocenters. The Balaban J connectivity index is 1.30. The molecule has 164 valence electrons. The lowest BCUT2D eigenvalue weighted by Gasteiger charge is -2.23. The Hall–Kier alpha value is -2.67. The summed E-state index contributed by atoms with van der Waals surface area (Å²) in [7, 11) is 0. The lowest BCUT2D eigenvalue weighted by Crippen LogP contribution is -2.41. The molecule has 1 aromatic rings. The molecule has 7 nitrogen and oxygen atoms in total. The first kappa shape index (κ1) is 20.2. The van der Waals surface area contributed by atoms with Gasteiger partial charge < -0.3 is 19.7 Å². The van der Waals surface area contributed by atoms with Gasteiger partial charge in [-0.05, 0) is 49.9 Å². The van der Waals surface area contributed by atoms with E-state index in [-0.39, 0.29) is 24.5 Å². The molecule has 7 heteroatoms. The number of benzene rings is 1. The average Bonchev–Trinajstić information content (AvgIpc) is 3.48. The first-order valence-electron chi connectivity index (χ1n) is 11.1. The van der Waals surface area contributed by atoms with E-state index in [1.165, 1.54) is 0 Å². The van der Waals surface area contributed by atoms with Crippen LogP contribution >= 0.6 is 0 Å². The van der Waals surface area contributed by atoms with Gasteiger partial charge in [-0.3, -0.25) is 14.4 Å². The van der Waals surface area contributed by atoms with Crippen molar-refractivity contribution in [3.05, 3.63) is 41.5 Å². The zero-order valence-corrected chi connectivity index (χ0v) is 17.9. The average molecular weight is 424 g/mol. The molecule has 2 amide bonds. The minimum absolute atomic E-state index is 0.130. The molecule has 0 aromatic heterocycles. The molecule has 4 aliphatic rings. The molecule has 1 spiro atoms. The highest BCUT2D eigenvalue weighted by Gasteiger charge is 2.67. The zero-order chi connectivity index (χ0) is 21.8. The molecule has 2 bridgehead atoms. The van der Waals surface area contributed by atoms with Crippen molar-refractivity contribution in [1.29, 1.82) is 0 Å². The summed E-state index contributed by atoms with van der Waals surface area (Å²) in [4.78, 5) is 40.2. The summed E-state index contributed by atoms with van der Waals surface area (Å²) in [5, 5.41) is 2.92. The topological polar surface area (TPSA) is 84.9 Å². The lowest BCUT2D eigenvalue weighted by atomic mass is 9.77. The third kappa shape index (κ3) is 3.45. The smallest absolute Gasteiger partial charge is 0.313 e. The molecule has 31 heavy (non-hydrogen) atoms. The molecule has 5 rings (SSSR count). The summed E-state index contributed by atoms with van der Waals surface area (Å²) < 4.78 is 11.5. The zero-order valence-electron chi connectivity index (χ0n) is 17.9. The number of aryl methyl sites for hydroxylation is 2. The molecular formula is C24H28N2O5. The third-order valence-electron chi connectivity index (χ3n) is 6.96. The summed E-state index contributed by atoms with van der Waals surface area (Å²) >= 11 is 0. The van der Waals surface area contributed by atoms with Gasteiger partial charge in [0.1, 0.15) is 11.5 Å². The van der Waals surface area contributed by atoms with Gasteiger partial charge in [0.2, 0.25) is 5.91 Å². The Kier molecular flexibility index (Phi) is 4.88. The van der Waals surface area contributed by atoms with Crippen molar-refractivity contribution in [2.45, 2.75) is 57.3 Å². The van der Waals surface area contributed by atoms with E-state index in [0.29, 0.717) is 6.54 Å². The Morgan fingerprint density at radius 2 is 1.90 bits per heavy atom. The van der Waals surface area contributed by atoms with Gasteiger partial charge in [-0.1, -0.05) is 31.1 Å². The van der Waals surface area contributed by atoms with Crippen LogP contribution in [0.2, 0.25) is 0 Å². The highest BCUT2D eigenvalue weighted by atomic mass is 16.6. The fraction of sp³-hybridized carbons (Fsp3) is 0.542. The van der Waals surface area contributed by atoms with E-state index >= 15 is 0 Å². The van der Waals surface area contributed by atoms with Crippen LogP contribution in [0.4, 0.5) is 5.69 Å². The third-order valence-corrected chi connectivity index (χ3v) is 6.96. The Morgan fingerprint density at radius 3 is 2.61 bits per heavy atom. The molecule has 1 saturated carbocycles. The largest absolute Gasteiger partial charge is 0.455 e. The molecule has 1 aliphatic carbocycles. The van der Waals surface area contributed by atoms with Gasteiger partial charge in [-0.25, -0.2) is 0 Å². The number of nitrogens with zero attached hydrogens (tertiary/aromatic N) is 1. The van der Waals surface area contributed by atoms with E-state index in [9.17, 15) is 14.4 Å². The number of hydrogen-bond acceptors (Lipinski definition) is 5. The maximum absolute atomic E-state index is 13.4. The van der Waals surface area contributed by atoms with Crippen LogP contribution in [0.3, 0.4) is 0 Å². The van der Waals surface area contributed by atoms with Crippen molar-refractivity contribution >= 4 is 23.5 Å². The number of rotatable bonds is 5. The molecule has 1 aromatic carbocycles. The van der Waals surface area contributed by atoms with Crippen LogP contribution in [0.15, 0.2) is 30.4 Å².